The molecule has 1 aromatic carbocycles. The van der Waals surface area contributed by atoms with E-state index >= 15 is 0 Å². The average Bonchev–Trinajstić information content (AvgIpc) is 2.84. The van der Waals surface area contributed by atoms with Gasteiger partial charge in [0.25, 0.3) is 5.69 Å². The molecule has 110 valence electrons. The Morgan fingerprint density at radius 3 is 2.67 bits per heavy atom. The third-order valence-electron chi connectivity index (χ3n) is 3.30. The van der Waals surface area contributed by atoms with E-state index in [2.05, 4.69) is 0 Å². The van der Waals surface area contributed by atoms with E-state index in [0.717, 1.165) is 10.4 Å². The zero-order chi connectivity index (χ0) is 15.4. The maximum Gasteiger partial charge on any atom is 0.273 e. The summed E-state index contributed by atoms with van der Waals surface area (Å²) in [5.41, 5.74) is 1.60. The van der Waals surface area contributed by atoms with Gasteiger partial charge in [-0.25, -0.2) is 0 Å². The molecule has 2 rings (SSSR count). The predicted molar refractivity (Wildman–Crippen MR) is 82.3 cm³/mol. The highest BCUT2D eigenvalue weighted by atomic mass is 32.1. The van der Waals surface area contributed by atoms with E-state index in [0.29, 0.717) is 12.1 Å². The molecule has 0 aliphatic heterocycles. The van der Waals surface area contributed by atoms with Crippen molar-refractivity contribution in [2.75, 3.05) is 7.05 Å². The first-order valence-corrected chi connectivity index (χ1v) is 7.36. The van der Waals surface area contributed by atoms with Crippen LogP contribution in [0.25, 0.3) is 0 Å². The lowest BCUT2D eigenvalue weighted by Crippen LogP contribution is -2.27. The standard InChI is InChI=1S/C15H16N2O3S/c1-11-7-8-21-14(11)10-16(2)15(18)9-12-5-3-4-6-13(12)17(19)20/h3-8H,9-10H2,1-2H3. The number of nitrogens with zero attached hydrogens (tertiary/aromatic N) is 2. The largest absolute Gasteiger partial charge is 0.340 e. The fourth-order valence-electron chi connectivity index (χ4n) is 2.01. The zero-order valence-corrected chi connectivity index (χ0v) is 12.7. The van der Waals surface area contributed by atoms with E-state index in [1.807, 2.05) is 18.4 Å². The molecule has 0 saturated carbocycles. The first-order valence-electron chi connectivity index (χ1n) is 6.48. The Bertz CT molecular complexity index is 666. The van der Waals surface area contributed by atoms with Crippen LogP contribution < -0.4 is 0 Å². The van der Waals surface area contributed by atoms with Crippen LogP contribution in [-0.2, 0) is 17.8 Å². The number of hydrogen-bond acceptors (Lipinski definition) is 4. The highest BCUT2D eigenvalue weighted by Gasteiger charge is 2.18. The molecule has 0 fully saturated rings. The van der Waals surface area contributed by atoms with Crippen LogP contribution in [0.5, 0.6) is 0 Å². The highest BCUT2D eigenvalue weighted by Crippen LogP contribution is 2.20. The van der Waals surface area contributed by atoms with Crippen LogP contribution in [0.15, 0.2) is 35.7 Å². The molecule has 0 unspecified atom stereocenters. The van der Waals surface area contributed by atoms with Crippen molar-refractivity contribution in [3.8, 4) is 0 Å². The molecule has 2 aromatic rings. The molecule has 0 spiro atoms. The van der Waals surface area contributed by atoms with Gasteiger partial charge in [0.1, 0.15) is 0 Å². The highest BCUT2D eigenvalue weighted by molar-refractivity contribution is 7.10. The van der Waals surface area contributed by atoms with Gasteiger partial charge < -0.3 is 4.90 Å². The quantitative estimate of drug-likeness (QED) is 0.629. The van der Waals surface area contributed by atoms with Crippen molar-refractivity contribution < 1.29 is 9.72 Å². The smallest absolute Gasteiger partial charge is 0.273 e. The summed E-state index contributed by atoms with van der Waals surface area (Å²) < 4.78 is 0. The third-order valence-corrected chi connectivity index (χ3v) is 4.31. The number of nitro groups is 1. The molecule has 6 heteroatoms. The van der Waals surface area contributed by atoms with Crippen LogP contribution in [0.2, 0.25) is 0 Å². The summed E-state index contributed by atoms with van der Waals surface area (Å²) in [6, 6.07) is 8.37. The number of benzene rings is 1. The van der Waals surface area contributed by atoms with Gasteiger partial charge in [0.15, 0.2) is 0 Å². The van der Waals surface area contributed by atoms with Gasteiger partial charge in [-0.3, -0.25) is 14.9 Å². The van der Waals surface area contributed by atoms with Crippen molar-refractivity contribution in [2.24, 2.45) is 0 Å². The second-order valence-electron chi connectivity index (χ2n) is 4.84. The average molecular weight is 304 g/mol. The minimum atomic E-state index is -0.452. The molecular weight excluding hydrogens is 288 g/mol. The summed E-state index contributed by atoms with van der Waals surface area (Å²) >= 11 is 1.61. The Morgan fingerprint density at radius 2 is 2.05 bits per heavy atom. The minimum absolute atomic E-state index is 0.00782. The Morgan fingerprint density at radius 1 is 1.33 bits per heavy atom. The normalized spacial score (nSPS) is 10.4. The molecule has 0 aliphatic carbocycles. The van der Waals surface area contributed by atoms with Gasteiger partial charge >= 0.3 is 0 Å². The molecule has 0 aliphatic rings. The number of nitro benzene ring substituents is 1. The summed E-state index contributed by atoms with van der Waals surface area (Å²) in [6.07, 6.45) is 0.0398. The summed E-state index contributed by atoms with van der Waals surface area (Å²) in [6.45, 7) is 2.54. The molecule has 0 N–H and O–H groups in total. The number of hydrogen-bond donors (Lipinski definition) is 0. The monoisotopic (exact) mass is 304 g/mol. The molecule has 21 heavy (non-hydrogen) atoms. The van der Waals surface area contributed by atoms with Crippen molar-refractivity contribution in [3.05, 3.63) is 61.8 Å². The molecular formula is C15H16N2O3S. The van der Waals surface area contributed by atoms with Gasteiger partial charge in [-0.05, 0) is 23.9 Å². The molecule has 1 amide bonds. The van der Waals surface area contributed by atoms with Crippen LogP contribution in [0.3, 0.4) is 0 Å². The molecule has 0 saturated heterocycles. The lowest BCUT2D eigenvalue weighted by Gasteiger charge is -2.17. The lowest BCUT2D eigenvalue weighted by atomic mass is 10.1. The van der Waals surface area contributed by atoms with Crippen LogP contribution in [0.4, 0.5) is 5.69 Å². The first kappa shape index (κ1) is 15.2. The summed E-state index contributed by atoms with van der Waals surface area (Å²) in [5.74, 6) is -0.128. The maximum absolute atomic E-state index is 12.2. The number of carbonyl (C=O) groups excluding carboxylic acids is 1. The SMILES string of the molecule is Cc1ccsc1CN(C)C(=O)Cc1ccccc1[N+](=O)[O-]. The van der Waals surface area contributed by atoms with Crippen molar-refractivity contribution >= 4 is 22.9 Å². The Labute approximate surface area is 127 Å². The molecule has 0 radical (unpaired) electrons. The van der Waals surface area contributed by atoms with E-state index in [4.69, 9.17) is 0 Å². The number of rotatable bonds is 5. The summed E-state index contributed by atoms with van der Waals surface area (Å²) in [5, 5.41) is 12.9. The first-order chi connectivity index (χ1) is 9.99. The van der Waals surface area contributed by atoms with Gasteiger partial charge in [0.2, 0.25) is 5.91 Å². The lowest BCUT2D eigenvalue weighted by molar-refractivity contribution is -0.385. The number of carbonyl (C=O) groups is 1. The van der Waals surface area contributed by atoms with Crippen molar-refractivity contribution in [1.82, 2.24) is 4.90 Å². The fourth-order valence-corrected chi connectivity index (χ4v) is 2.96. The van der Waals surface area contributed by atoms with Crippen LogP contribution >= 0.6 is 11.3 Å². The number of para-hydroxylation sites is 1. The second-order valence-corrected chi connectivity index (χ2v) is 5.84. The fraction of sp³-hybridized carbons (Fsp3) is 0.267. The Balaban J connectivity index is 2.08. The van der Waals surface area contributed by atoms with Gasteiger partial charge in [-0.2, -0.15) is 0 Å². The van der Waals surface area contributed by atoms with Gasteiger partial charge in [0.05, 0.1) is 17.9 Å². The molecule has 5 nitrogen and oxygen atoms in total. The molecule has 0 atom stereocenters. The Kier molecular flexibility index (Phi) is 4.70. The van der Waals surface area contributed by atoms with E-state index in [1.54, 1.807) is 41.5 Å². The van der Waals surface area contributed by atoms with Crippen LogP contribution in [0, 0.1) is 17.0 Å². The summed E-state index contributed by atoms with van der Waals surface area (Å²) in [4.78, 5) is 25.5. The van der Waals surface area contributed by atoms with Crippen LogP contribution in [-0.4, -0.2) is 22.8 Å². The maximum atomic E-state index is 12.2. The van der Waals surface area contributed by atoms with Crippen LogP contribution in [0.1, 0.15) is 16.0 Å². The third kappa shape index (κ3) is 3.66. The van der Waals surface area contributed by atoms with E-state index in [-0.39, 0.29) is 18.0 Å². The minimum Gasteiger partial charge on any atom is -0.340 e. The Hall–Kier alpha value is -2.21. The van der Waals surface area contributed by atoms with Crippen molar-refractivity contribution in [1.29, 1.82) is 0 Å². The van der Waals surface area contributed by atoms with Gasteiger partial charge in [-0.15, -0.1) is 11.3 Å². The van der Waals surface area contributed by atoms with E-state index in [9.17, 15) is 14.9 Å². The van der Waals surface area contributed by atoms with Gasteiger partial charge in [0, 0.05) is 23.6 Å². The van der Waals surface area contributed by atoms with Gasteiger partial charge in [-0.1, -0.05) is 18.2 Å². The topological polar surface area (TPSA) is 63.5 Å². The number of amides is 1. The summed E-state index contributed by atoms with van der Waals surface area (Å²) in [7, 11) is 1.72. The van der Waals surface area contributed by atoms with Crippen molar-refractivity contribution in [3.63, 3.8) is 0 Å². The zero-order valence-electron chi connectivity index (χ0n) is 11.9. The number of aryl methyl sites for hydroxylation is 1. The molecule has 1 aromatic heterocycles. The van der Waals surface area contributed by atoms with E-state index < -0.39 is 4.92 Å². The second kappa shape index (κ2) is 6.49. The van der Waals surface area contributed by atoms with Crippen molar-refractivity contribution in [2.45, 2.75) is 19.9 Å². The number of thiophene rings is 1. The molecule has 1 heterocycles. The predicted octanol–water partition coefficient (Wildman–Crippen LogP) is 3.17. The molecule has 0 bridgehead atoms. The number of likely N-dealkylation sites (N-methyl/N-ethyl adjacent to an activating group) is 1. The van der Waals surface area contributed by atoms with E-state index in [1.165, 1.54) is 6.07 Å².